The van der Waals surface area contributed by atoms with E-state index in [1.54, 1.807) is 0 Å². The highest BCUT2D eigenvalue weighted by Crippen LogP contribution is 2.50. The molecule has 1 aromatic rings. The van der Waals surface area contributed by atoms with E-state index in [-0.39, 0.29) is 24.3 Å². The number of benzene rings is 1. The van der Waals surface area contributed by atoms with Crippen LogP contribution in [0.25, 0.3) is 0 Å². The molecule has 1 aliphatic carbocycles. The van der Waals surface area contributed by atoms with Crippen LogP contribution in [0.3, 0.4) is 0 Å². The predicted octanol–water partition coefficient (Wildman–Crippen LogP) is 3.16. The molecule has 1 atom stereocenters. The predicted molar refractivity (Wildman–Crippen MR) is 88.7 cm³/mol. The minimum atomic E-state index is -5.73. The lowest BCUT2D eigenvalue weighted by Gasteiger charge is -2.34. The summed E-state index contributed by atoms with van der Waals surface area (Å²) in [6.07, 6.45) is -10.7. The van der Waals surface area contributed by atoms with Gasteiger partial charge in [0, 0.05) is 5.92 Å². The molecule has 32 heavy (non-hydrogen) atoms. The summed E-state index contributed by atoms with van der Waals surface area (Å²) in [7, 11) is 0. The van der Waals surface area contributed by atoms with E-state index in [4.69, 9.17) is 5.11 Å². The first-order chi connectivity index (χ1) is 14.4. The van der Waals surface area contributed by atoms with E-state index < -0.39 is 75.4 Å². The van der Waals surface area contributed by atoms with Crippen molar-refractivity contribution in [2.75, 3.05) is 0 Å². The Balaban J connectivity index is 2.95. The van der Waals surface area contributed by atoms with Gasteiger partial charge in [0.2, 0.25) is 5.41 Å². The summed E-state index contributed by atoms with van der Waals surface area (Å²) in [5, 5.41) is 36.9. The Morgan fingerprint density at radius 3 is 1.66 bits per heavy atom. The molecule has 4 N–H and O–H groups in total. The molecule has 0 amide bonds. The first kappa shape index (κ1) is 24.4. The number of aliphatic carboxylic acids is 3. The summed E-state index contributed by atoms with van der Waals surface area (Å²) < 4.78 is 80.4. The SMILES string of the molecule is O=C(O)C1=CC(c2cc(C(=O)O)cc(C(F)(F)F)c2)C=C(C(F)(F)F)C1(C(=O)O)C(=O)O. The molecule has 0 aliphatic heterocycles. The zero-order chi connectivity index (χ0) is 24.8. The monoisotopic (exact) mass is 468 g/mol. The minimum absolute atomic E-state index is 0.0597. The van der Waals surface area contributed by atoms with Crippen LogP contribution in [-0.2, 0) is 20.6 Å². The molecular formula is C18H10F6O8. The molecule has 1 unspecified atom stereocenters. The number of hydrogen-bond acceptors (Lipinski definition) is 4. The number of carboxylic acids is 4. The maximum Gasteiger partial charge on any atom is 0.416 e. The van der Waals surface area contributed by atoms with Crippen molar-refractivity contribution in [3.05, 3.63) is 58.2 Å². The lowest BCUT2D eigenvalue weighted by atomic mass is 9.67. The van der Waals surface area contributed by atoms with Crippen LogP contribution in [-0.4, -0.2) is 50.5 Å². The number of carbonyl (C=O) groups is 4. The standard InChI is InChI=1S/C18H10F6O8/c19-17(20,21)9-2-6(1-8(3-9)12(25)26)7-4-10(13(27)28)16(14(29)30,15(31)32)11(5-7)18(22,23)24/h1-5,7H,(H,25,26)(H,27,28)(H,29,30)(H,31,32). The highest BCUT2D eigenvalue weighted by Gasteiger charge is 2.64. The molecule has 172 valence electrons. The number of allylic oxidation sites excluding steroid dienone is 2. The average molecular weight is 468 g/mol. The van der Waals surface area contributed by atoms with E-state index in [2.05, 4.69) is 0 Å². The Labute approximate surface area is 172 Å². The van der Waals surface area contributed by atoms with Crippen LogP contribution >= 0.6 is 0 Å². The van der Waals surface area contributed by atoms with Gasteiger partial charge in [-0.2, -0.15) is 26.3 Å². The summed E-state index contributed by atoms with van der Waals surface area (Å²) >= 11 is 0. The van der Waals surface area contributed by atoms with Gasteiger partial charge in [0.1, 0.15) is 0 Å². The fourth-order valence-electron chi connectivity index (χ4n) is 3.22. The lowest BCUT2D eigenvalue weighted by molar-refractivity contribution is -0.169. The molecule has 2 rings (SSSR count). The third-order valence-corrected chi connectivity index (χ3v) is 4.59. The molecule has 8 nitrogen and oxygen atoms in total. The second-order valence-electron chi connectivity index (χ2n) is 6.50. The van der Waals surface area contributed by atoms with Gasteiger partial charge < -0.3 is 20.4 Å². The Hall–Kier alpha value is -3.84. The molecule has 1 aliphatic rings. The zero-order valence-corrected chi connectivity index (χ0v) is 15.2. The van der Waals surface area contributed by atoms with Crippen molar-refractivity contribution in [1.29, 1.82) is 0 Å². The molecule has 0 saturated carbocycles. The van der Waals surface area contributed by atoms with Gasteiger partial charge in [-0.3, -0.25) is 9.59 Å². The summed E-state index contributed by atoms with van der Waals surface area (Å²) in [5.41, 5.74) is -11.7. The third kappa shape index (κ3) is 4.02. The molecule has 0 heterocycles. The molecule has 0 radical (unpaired) electrons. The lowest BCUT2D eigenvalue weighted by Crippen LogP contribution is -2.50. The second-order valence-corrected chi connectivity index (χ2v) is 6.50. The van der Waals surface area contributed by atoms with Gasteiger partial charge in [-0.15, -0.1) is 0 Å². The Kier molecular flexibility index (Phi) is 5.87. The Morgan fingerprint density at radius 1 is 0.750 bits per heavy atom. The summed E-state index contributed by atoms with van der Waals surface area (Å²) in [5.74, 6) is -11.7. The van der Waals surface area contributed by atoms with Crippen molar-refractivity contribution in [1.82, 2.24) is 0 Å². The van der Waals surface area contributed by atoms with Gasteiger partial charge in [-0.25, -0.2) is 9.59 Å². The third-order valence-electron chi connectivity index (χ3n) is 4.59. The van der Waals surface area contributed by atoms with Crippen molar-refractivity contribution >= 4 is 23.9 Å². The number of rotatable bonds is 5. The molecule has 0 aromatic heterocycles. The fourth-order valence-corrected chi connectivity index (χ4v) is 3.22. The van der Waals surface area contributed by atoms with E-state index in [1.807, 2.05) is 0 Å². The maximum absolute atomic E-state index is 13.7. The Morgan fingerprint density at radius 2 is 1.28 bits per heavy atom. The highest BCUT2D eigenvalue weighted by molar-refractivity contribution is 6.13. The van der Waals surface area contributed by atoms with Crippen molar-refractivity contribution < 1.29 is 65.9 Å². The van der Waals surface area contributed by atoms with Crippen LogP contribution in [0.5, 0.6) is 0 Å². The minimum Gasteiger partial charge on any atom is -0.480 e. The van der Waals surface area contributed by atoms with Gasteiger partial charge in [-0.1, -0.05) is 12.2 Å². The van der Waals surface area contributed by atoms with E-state index in [0.29, 0.717) is 6.07 Å². The zero-order valence-electron chi connectivity index (χ0n) is 15.2. The smallest absolute Gasteiger partial charge is 0.416 e. The molecule has 0 saturated heterocycles. The molecule has 14 heteroatoms. The van der Waals surface area contributed by atoms with Crippen molar-refractivity contribution in [3.8, 4) is 0 Å². The molecule has 0 spiro atoms. The number of aromatic carboxylic acids is 1. The first-order valence-corrected chi connectivity index (χ1v) is 8.11. The second kappa shape index (κ2) is 7.69. The van der Waals surface area contributed by atoms with Gasteiger partial charge in [0.15, 0.2) is 0 Å². The van der Waals surface area contributed by atoms with E-state index in [9.17, 15) is 60.8 Å². The number of halogens is 6. The van der Waals surface area contributed by atoms with Crippen LogP contribution in [0.1, 0.15) is 27.4 Å². The fraction of sp³-hybridized carbons (Fsp3) is 0.222. The van der Waals surface area contributed by atoms with Crippen LogP contribution in [0.4, 0.5) is 26.3 Å². The van der Waals surface area contributed by atoms with Crippen molar-refractivity contribution in [3.63, 3.8) is 0 Å². The quantitative estimate of drug-likeness (QED) is 0.293. The van der Waals surface area contributed by atoms with Crippen LogP contribution in [0.2, 0.25) is 0 Å². The summed E-state index contributed by atoms with van der Waals surface area (Å²) in [6.45, 7) is 0. The number of carboxylic acid groups (broad SMARTS) is 4. The number of hydrogen-bond donors (Lipinski definition) is 4. The summed E-state index contributed by atoms with van der Waals surface area (Å²) in [6, 6.07) is 0.951. The Bertz CT molecular complexity index is 1070. The largest absolute Gasteiger partial charge is 0.480 e. The topological polar surface area (TPSA) is 149 Å². The van der Waals surface area contributed by atoms with Crippen LogP contribution < -0.4 is 0 Å². The van der Waals surface area contributed by atoms with Crippen LogP contribution in [0.15, 0.2) is 41.5 Å². The van der Waals surface area contributed by atoms with Gasteiger partial charge in [0.25, 0.3) is 0 Å². The van der Waals surface area contributed by atoms with Gasteiger partial charge in [0.05, 0.1) is 22.3 Å². The molecule has 0 bridgehead atoms. The maximum atomic E-state index is 13.7. The van der Waals surface area contributed by atoms with E-state index in [1.165, 1.54) is 0 Å². The molecule has 0 fully saturated rings. The normalized spacial score (nSPS) is 18.4. The average Bonchev–Trinajstić information content (AvgIpc) is 2.64. The molecule has 1 aromatic carbocycles. The summed E-state index contributed by atoms with van der Waals surface area (Å²) in [4.78, 5) is 46.0. The van der Waals surface area contributed by atoms with Crippen LogP contribution in [0, 0.1) is 5.41 Å². The number of alkyl halides is 6. The van der Waals surface area contributed by atoms with Gasteiger partial charge >= 0.3 is 36.2 Å². The first-order valence-electron chi connectivity index (χ1n) is 8.11. The van der Waals surface area contributed by atoms with Gasteiger partial charge in [-0.05, 0) is 23.8 Å². The van der Waals surface area contributed by atoms with E-state index >= 15 is 0 Å². The van der Waals surface area contributed by atoms with Crippen molar-refractivity contribution in [2.24, 2.45) is 5.41 Å². The highest BCUT2D eigenvalue weighted by atomic mass is 19.4. The molecular weight excluding hydrogens is 458 g/mol. The van der Waals surface area contributed by atoms with E-state index in [0.717, 1.165) is 0 Å². The van der Waals surface area contributed by atoms with Crippen molar-refractivity contribution in [2.45, 2.75) is 18.3 Å².